The van der Waals surface area contributed by atoms with E-state index in [1.165, 1.54) is 32.1 Å². The highest BCUT2D eigenvalue weighted by Gasteiger charge is 2.38. The summed E-state index contributed by atoms with van der Waals surface area (Å²) < 4.78 is 1.80. The molecule has 0 bridgehead atoms. The molecular weight excluding hydrogens is 278 g/mol. The Morgan fingerprint density at radius 1 is 1.23 bits per heavy atom. The number of nitrogens with zero attached hydrogens (tertiary/aromatic N) is 5. The van der Waals surface area contributed by atoms with Crippen molar-refractivity contribution in [1.29, 1.82) is 0 Å². The predicted molar refractivity (Wildman–Crippen MR) is 84.3 cm³/mol. The Morgan fingerprint density at radius 3 is 2.82 bits per heavy atom. The molecule has 2 atom stereocenters. The van der Waals surface area contributed by atoms with Gasteiger partial charge in [-0.2, -0.15) is 5.10 Å². The van der Waals surface area contributed by atoms with Crippen LogP contribution in [-0.2, 0) is 11.3 Å². The van der Waals surface area contributed by atoms with E-state index in [9.17, 15) is 4.79 Å². The van der Waals surface area contributed by atoms with Gasteiger partial charge in [0.05, 0.1) is 0 Å². The summed E-state index contributed by atoms with van der Waals surface area (Å²) in [5.41, 5.74) is 0. The highest BCUT2D eigenvalue weighted by Crippen LogP contribution is 2.30. The molecule has 1 aromatic heterocycles. The summed E-state index contributed by atoms with van der Waals surface area (Å²) in [6.45, 7) is 6.26. The van der Waals surface area contributed by atoms with Crippen molar-refractivity contribution >= 4 is 5.91 Å². The molecule has 2 fully saturated rings. The van der Waals surface area contributed by atoms with E-state index < -0.39 is 0 Å². The number of amides is 1. The van der Waals surface area contributed by atoms with Gasteiger partial charge in [-0.05, 0) is 45.2 Å². The SMILES string of the molecule is CCN1CCC[C@@H]1[C@@H]1CCCN1C(=O)CCCn1cncn1. The van der Waals surface area contributed by atoms with Gasteiger partial charge in [-0.25, -0.2) is 4.98 Å². The van der Waals surface area contributed by atoms with E-state index in [0.717, 1.165) is 32.5 Å². The van der Waals surface area contributed by atoms with Crippen LogP contribution in [0, 0.1) is 0 Å². The first-order valence-electron chi connectivity index (χ1n) is 8.65. The summed E-state index contributed by atoms with van der Waals surface area (Å²) in [6, 6.07) is 1.04. The van der Waals surface area contributed by atoms with Crippen LogP contribution in [0.5, 0.6) is 0 Å². The summed E-state index contributed by atoms with van der Waals surface area (Å²) in [5, 5.41) is 4.08. The molecule has 1 aromatic rings. The van der Waals surface area contributed by atoms with Gasteiger partial charge in [0.25, 0.3) is 0 Å². The first kappa shape index (κ1) is 15.5. The predicted octanol–water partition coefficient (Wildman–Crippen LogP) is 1.53. The van der Waals surface area contributed by atoms with E-state index in [-0.39, 0.29) is 0 Å². The topological polar surface area (TPSA) is 54.3 Å². The minimum atomic E-state index is 0.325. The van der Waals surface area contributed by atoms with E-state index in [4.69, 9.17) is 0 Å². The lowest BCUT2D eigenvalue weighted by molar-refractivity contribution is -0.133. The molecule has 0 saturated carbocycles. The van der Waals surface area contributed by atoms with Gasteiger partial charge in [0.2, 0.25) is 5.91 Å². The third-order valence-electron chi connectivity index (χ3n) is 5.13. The molecule has 3 heterocycles. The largest absolute Gasteiger partial charge is 0.338 e. The molecule has 0 N–H and O–H groups in total. The van der Waals surface area contributed by atoms with Gasteiger partial charge in [0.15, 0.2) is 0 Å². The molecular formula is C16H27N5O. The number of aromatic nitrogens is 3. The van der Waals surface area contributed by atoms with Gasteiger partial charge in [0.1, 0.15) is 12.7 Å². The standard InChI is InChI=1S/C16H27N5O/c1-2-19-9-3-6-14(19)15-7-4-11-21(15)16(22)8-5-10-20-13-17-12-18-20/h12-15H,2-11H2,1H3/t14-,15+/m1/s1. The van der Waals surface area contributed by atoms with E-state index in [0.29, 0.717) is 24.4 Å². The first-order valence-corrected chi connectivity index (χ1v) is 8.65. The van der Waals surface area contributed by atoms with Crippen molar-refractivity contribution in [3.63, 3.8) is 0 Å². The van der Waals surface area contributed by atoms with Crippen LogP contribution in [0.3, 0.4) is 0 Å². The zero-order valence-corrected chi connectivity index (χ0v) is 13.5. The molecule has 0 unspecified atom stereocenters. The van der Waals surface area contributed by atoms with Crippen LogP contribution in [0.4, 0.5) is 0 Å². The van der Waals surface area contributed by atoms with Gasteiger partial charge >= 0.3 is 0 Å². The van der Waals surface area contributed by atoms with Crippen molar-refractivity contribution in [2.24, 2.45) is 0 Å². The third kappa shape index (κ3) is 3.32. The zero-order valence-electron chi connectivity index (χ0n) is 13.5. The Labute approximate surface area is 132 Å². The molecule has 0 aromatic carbocycles. The zero-order chi connectivity index (χ0) is 15.4. The Kier molecular flexibility index (Phi) is 5.08. The number of likely N-dealkylation sites (tertiary alicyclic amines) is 2. The molecule has 0 radical (unpaired) electrons. The van der Waals surface area contributed by atoms with Crippen molar-refractivity contribution in [3.05, 3.63) is 12.7 Å². The lowest BCUT2D eigenvalue weighted by Gasteiger charge is -2.34. The van der Waals surface area contributed by atoms with E-state index in [1.807, 2.05) is 0 Å². The molecule has 3 rings (SSSR count). The van der Waals surface area contributed by atoms with E-state index in [2.05, 4.69) is 26.8 Å². The Hall–Kier alpha value is -1.43. The van der Waals surface area contributed by atoms with Crippen LogP contribution in [0.2, 0.25) is 0 Å². The fourth-order valence-corrected chi connectivity index (χ4v) is 4.07. The molecule has 22 heavy (non-hydrogen) atoms. The molecule has 6 nitrogen and oxygen atoms in total. The Balaban J connectivity index is 1.52. The number of rotatable bonds is 6. The van der Waals surface area contributed by atoms with Crippen LogP contribution < -0.4 is 0 Å². The number of hydrogen-bond donors (Lipinski definition) is 0. The molecule has 2 aliphatic heterocycles. The second-order valence-corrected chi connectivity index (χ2v) is 6.40. The molecule has 2 aliphatic rings. The van der Waals surface area contributed by atoms with Gasteiger partial charge in [0, 0.05) is 31.6 Å². The monoisotopic (exact) mass is 305 g/mol. The smallest absolute Gasteiger partial charge is 0.222 e. The minimum absolute atomic E-state index is 0.325. The molecule has 122 valence electrons. The van der Waals surface area contributed by atoms with Crippen molar-refractivity contribution in [2.45, 2.75) is 64.1 Å². The average Bonchev–Trinajstić information content (AvgIpc) is 3.26. The maximum atomic E-state index is 12.6. The van der Waals surface area contributed by atoms with Crippen LogP contribution in [-0.4, -0.2) is 62.2 Å². The van der Waals surface area contributed by atoms with Crippen molar-refractivity contribution in [3.8, 4) is 0 Å². The normalized spacial score (nSPS) is 26.0. The summed E-state index contributed by atoms with van der Waals surface area (Å²) in [5.74, 6) is 0.325. The van der Waals surface area contributed by atoms with Gasteiger partial charge in [-0.15, -0.1) is 0 Å². The van der Waals surface area contributed by atoms with Crippen LogP contribution >= 0.6 is 0 Å². The summed E-state index contributed by atoms with van der Waals surface area (Å²) >= 11 is 0. The summed E-state index contributed by atoms with van der Waals surface area (Å²) in [7, 11) is 0. The number of aryl methyl sites for hydroxylation is 1. The van der Waals surface area contributed by atoms with E-state index >= 15 is 0 Å². The summed E-state index contributed by atoms with van der Waals surface area (Å²) in [6.07, 6.45) is 9.58. The summed E-state index contributed by atoms with van der Waals surface area (Å²) in [4.78, 5) is 21.3. The van der Waals surface area contributed by atoms with Crippen molar-refractivity contribution in [1.82, 2.24) is 24.6 Å². The molecule has 6 heteroatoms. The Morgan fingerprint density at radius 2 is 2.05 bits per heavy atom. The lowest BCUT2D eigenvalue weighted by Crippen LogP contribution is -2.48. The maximum Gasteiger partial charge on any atom is 0.222 e. The van der Waals surface area contributed by atoms with Gasteiger partial charge in [-0.3, -0.25) is 14.4 Å². The minimum Gasteiger partial charge on any atom is -0.338 e. The lowest BCUT2D eigenvalue weighted by atomic mass is 10.0. The van der Waals surface area contributed by atoms with Crippen molar-refractivity contribution < 1.29 is 4.79 Å². The number of carbonyl (C=O) groups excluding carboxylic acids is 1. The molecule has 2 saturated heterocycles. The number of likely N-dealkylation sites (N-methyl/N-ethyl adjacent to an activating group) is 1. The fourth-order valence-electron chi connectivity index (χ4n) is 4.07. The van der Waals surface area contributed by atoms with Gasteiger partial charge in [-0.1, -0.05) is 6.92 Å². The quantitative estimate of drug-likeness (QED) is 0.800. The highest BCUT2D eigenvalue weighted by molar-refractivity contribution is 5.76. The average molecular weight is 305 g/mol. The second-order valence-electron chi connectivity index (χ2n) is 6.40. The van der Waals surface area contributed by atoms with Gasteiger partial charge < -0.3 is 4.90 Å². The van der Waals surface area contributed by atoms with Crippen LogP contribution in [0.1, 0.15) is 45.4 Å². The van der Waals surface area contributed by atoms with Crippen LogP contribution in [0.15, 0.2) is 12.7 Å². The number of carbonyl (C=O) groups is 1. The Bertz CT molecular complexity index is 475. The number of hydrogen-bond acceptors (Lipinski definition) is 4. The van der Waals surface area contributed by atoms with Crippen LogP contribution in [0.25, 0.3) is 0 Å². The molecule has 0 spiro atoms. The van der Waals surface area contributed by atoms with Crippen molar-refractivity contribution in [2.75, 3.05) is 19.6 Å². The maximum absolute atomic E-state index is 12.6. The molecule has 1 amide bonds. The second kappa shape index (κ2) is 7.22. The fraction of sp³-hybridized carbons (Fsp3) is 0.812. The third-order valence-corrected chi connectivity index (χ3v) is 5.13. The first-order chi connectivity index (χ1) is 10.8. The van der Waals surface area contributed by atoms with E-state index in [1.54, 1.807) is 11.0 Å². The molecule has 0 aliphatic carbocycles. The highest BCUT2D eigenvalue weighted by atomic mass is 16.2.